The number of hydrogen-bond acceptors (Lipinski definition) is 8. The highest BCUT2D eigenvalue weighted by Gasteiger charge is 2.54. The summed E-state index contributed by atoms with van der Waals surface area (Å²) in [6, 6.07) is 3.13. The summed E-state index contributed by atoms with van der Waals surface area (Å²) in [5, 5.41) is 29.1. The number of pyridine rings is 1. The molecule has 12 heteroatoms. The second kappa shape index (κ2) is 9.00. The van der Waals surface area contributed by atoms with E-state index in [0.29, 0.717) is 37.8 Å². The summed E-state index contributed by atoms with van der Waals surface area (Å²) in [7, 11) is 1.66. The average Bonchev–Trinajstić information content (AvgIpc) is 3.67. The predicted octanol–water partition coefficient (Wildman–Crippen LogP) is 2.80. The Kier molecular flexibility index (Phi) is 6.11. The van der Waals surface area contributed by atoms with E-state index in [4.69, 9.17) is 15.6 Å². The van der Waals surface area contributed by atoms with Crippen molar-refractivity contribution in [3.8, 4) is 5.75 Å². The fourth-order valence-corrected chi connectivity index (χ4v) is 5.70. The Balaban J connectivity index is 1.50. The molecule has 2 fully saturated rings. The molecule has 1 aliphatic carbocycles. The van der Waals surface area contributed by atoms with Crippen LogP contribution in [0.2, 0.25) is 0 Å². The minimum absolute atomic E-state index is 0.0849. The zero-order chi connectivity index (χ0) is 25.8. The van der Waals surface area contributed by atoms with Crippen LogP contribution in [0.15, 0.2) is 29.2 Å². The van der Waals surface area contributed by atoms with Gasteiger partial charge < -0.3 is 14.7 Å². The van der Waals surface area contributed by atoms with Crippen molar-refractivity contribution in [2.45, 2.75) is 43.8 Å². The summed E-state index contributed by atoms with van der Waals surface area (Å²) in [5.41, 5.74) is -1.82. The first kappa shape index (κ1) is 24.4. The van der Waals surface area contributed by atoms with Crippen molar-refractivity contribution in [3.63, 3.8) is 0 Å². The quantitative estimate of drug-likeness (QED) is 0.424. The molecule has 2 aliphatic heterocycles. The van der Waals surface area contributed by atoms with Crippen LogP contribution in [0.5, 0.6) is 5.75 Å². The molecular weight excluding hydrogens is 492 g/mol. The van der Waals surface area contributed by atoms with Crippen LogP contribution in [0.25, 0.3) is 0 Å². The summed E-state index contributed by atoms with van der Waals surface area (Å²) >= 11 is 0.636. The van der Waals surface area contributed by atoms with Crippen LogP contribution >= 0.6 is 11.8 Å². The van der Waals surface area contributed by atoms with E-state index in [1.54, 1.807) is 11.9 Å². The third-order valence-corrected chi connectivity index (χ3v) is 7.79. The SMILES string of the molecule is CN1C(=O)c2c(O)c(=O)c(C(=N)SC(=N)Cc3ccc(F)cc3F)cn2N(C2CC2)C12CCOCC2. The predicted molar refractivity (Wildman–Crippen MR) is 131 cm³/mol. The first-order chi connectivity index (χ1) is 17.1. The van der Waals surface area contributed by atoms with Crippen LogP contribution < -0.4 is 10.4 Å². The zero-order valence-corrected chi connectivity index (χ0v) is 20.3. The monoisotopic (exact) mass is 517 g/mol. The normalized spacial score (nSPS) is 18.9. The van der Waals surface area contributed by atoms with Gasteiger partial charge in [-0.05, 0) is 24.5 Å². The van der Waals surface area contributed by atoms with Gasteiger partial charge in [-0.25, -0.2) is 8.78 Å². The number of ether oxygens (including phenoxy) is 1. The molecule has 3 N–H and O–H groups in total. The number of aromatic hydroxyl groups is 1. The van der Waals surface area contributed by atoms with Crippen molar-refractivity contribution >= 4 is 27.8 Å². The molecule has 0 bridgehead atoms. The minimum Gasteiger partial charge on any atom is -0.502 e. The largest absolute Gasteiger partial charge is 0.502 e. The standard InChI is InChI=1S/C24H25F2N5O4S/c1-29-23(34)19-21(33)20(32)16(22(28)36-18(27)10-13-2-3-14(25)11-17(13)26)12-30(19)31(15-4-5-15)24(29)6-8-35-9-7-24/h2-3,11-12,15,27-28,33H,4-10H2,1H3. The Hall–Kier alpha value is -3.25. The first-order valence-electron chi connectivity index (χ1n) is 11.6. The van der Waals surface area contributed by atoms with Gasteiger partial charge in [0.15, 0.2) is 11.4 Å². The second-order valence-corrected chi connectivity index (χ2v) is 10.3. The second-order valence-electron chi connectivity index (χ2n) is 9.22. The topological polar surface area (TPSA) is 123 Å². The average molecular weight is 518 g/mol. The van der Waals surface area contributed by atoms with Crippen LogP contribution in [0.1, 0.15) is 47.3 Å². The van der Waals surface area contributed by atoms with E-state index in [1.165, 1.54) is 16.9 Å². The van der Waals surface area contributed by atoms with Gasteiger partial charge in [-0.2, -0.15) is 0 Å². The molecule has 190 valence electrons. The lowest BCUT2D eigenvalue weighted by Crippen LogP contribution is -2.71. The van der Waals surface area contributed by atoms with Gasteiger partial charge in [0.2, 0.25) is 5.43 Å². The van der Waals surface area contributed by atoms with Crippen molar-refractivity contribution in [1.82, 2.24) is 9.58 Å². The van der Waals surface area contributed by atoms with Gasteiger partial charge in [-0.3, -0.25) is 30.1 Å². The number of nitrogens with zero attached hydrogens (tertiary/aromatic N) is 3. The van der Waals surface area contributed by atoms with Gasteiger partial charge in [0, 0.05) is 44.6 Å². The minimum atomic E-state index is -0.889. The van der Waals surface area contributed by atoms with E-state index in [-0.39, 0.29) is 39.4 Å². The van der Waals surface area contributed by atoms with E-state index in [2.05, 4.69) is 0 Å². The summed E-state index contributed by atoms with van der Waals surface area (Å²) in [6.07, 6.45) is 4.05. The van der Waals surface area contributed by atoms with Crippen molar-refractivity contribution in [2.75, 3.05) is 25.3 Å². The Labute approximate surface area is 209 Å². The van der Waals surface area contributed by atoms with Crippen LogP contribution in [-0.2, 0) is 11.2 Å². The number of nitrogens with one attached hydrogen (secondary N) is 2. The molecule has 1 aromatic heterocycles. The highest BCUT2D eigenvalue weighted by Crippen LogP contribution is 2.42. The highest BCUT2D eigenvalue weighted by molar-refractivity contribution is 8.26. The lowest BCUT2D eigenvalue weighted by Gasteiger charge is -2.56. The van der Waals surface area contributed by atoms with Gasteiger partial charge in [-0.1, -0.05) is 17.8 Å². The van der Waals surface area contributed by atoms with Crippen LogP contribution in [0.4, 0.5) is 8.78 Å². The van der Waals surface area contributed by atoms with Gasteiger partial charge in [0.1, 0.15) is 22.3 Å². The lowest BCUT2D eigenvalue weighted by atomic mass is 9.95. The van der Waals surface area contributed by atoms with Crippen LogP contribution in [0.3, 0.4) is 0 Å². The number of halogens is 2. The van der Waals surface area contributed by atoms with Crippen molar-refractivity contribution < 1.29 is 23.4 Å². The maximum Gasteiger partial charge on any atom is 0.278 e. The molecule has 1 saturated carbocycles. The summed E-state index contributed by atoms with van der Waals surface area (Å²) in [6.45, 7) is 0.913. The van der Waals surface area contributed by atoms with Crippen LogP contribution in [0, 0.1) is 22.5 Å². The van der Waals surface area contributed by atoms with Crippen LogP contribution in [-0.4, -0.2) is 62.6 Å². The molecular formula is C24H25F2N5O4S. The van der Waals surface area contributed by atoms with Gasteiger partial charge in [-0.15, -0.1) is 0 Å². The van der Waals surface area contributed by atoms with Crippen molar-refractivity contribution in [2.24, 2.45) is 0 Å². The molecule has 36 heavy (non-hydrogen) atoms. The molecule has 1 aromatic carbocycles. The molecule has 1 amide bonds. The highest BCUT2D eigenvalue weighted by atomic mass is 32.2. The Morgan fingerprint density at radius 1 is 1.22 bits per heavy atom. The number of benzene rings is 1. The zero-order valence-electron chi connectivity index (χ0n) is 19.5. The Morgan fingerprint density at radius 3 is 2.56 bits per heavy atom. The van der Waals surface area contributed by atoms with Gasteiger partial charge in [0.25, 0.3) is 5.91 Å². The molecule has 0 atom stereocenters. The number of rotatable bonds is 4. The fraction of sp³-hybridized carbons (Fsp3) is 0.417. The number of aromatic nitrogens is 1. The van der Waals surface area contributed by atoms with Crippen molar-refractivity contribution in [3.05, 3.63) is 63.1 Å². The van der Waals surface area contributed by atoms with E-state index in [9.17, 15) is 23.5 Å². The van der Waals surface area contributed by atoms with Gasteiger partial charge in [0.05, 0.1) is 23.8 Å². The summed E-state index contributed by atoms with van der Waals surface area (Å²) in [5.74, 6) is -2.78. The Bertz CT molecular complexity index is 1340. The molecule has 2 aromatic rings. The fourth-order valence-electron chi connectivity index (χ4n) is 4.97. The number of hydrogen-bond donors (Lipinski definition) is 3. The molecule has 9 nitrogen and oxygen atoms in total. The molecule has 3 heterocycles. The van der Waals surface area contributed by atoms with E-state index < -0.39 is 34.4 Å². The number of fused-ring (bicyclic) bond motifs is 1. The summed E-state index contributed by atoms with van der Waals surface area (Å²) < 4.78 is 34.2. The molecule has 3 aliphatic rings. The number of thioether (sulfide) groups is 1. The molecule has 0 unspecified atom stereocenters. The third-order valence-electron chi connectivity index (χ3n) is 6.98. The first-order valence-corrected chi connectivity index (χ1v) is 12.4. The Morgan fingerprint density at radius 2 is 1.92 bits per heavy atom. The number of amides is 1. The summed E-state index contributed by atoms with van der Waals surface area (Å²) in [4.78, 5) is 28.0. The third kappa shape index (κ3) is 3.97. The van der Waals surface area contributed by atoms with E-state index in [0.717, 1.165) is 25.0 Å². The van der Waals surface area contributed by atoms with E-state index in [1.807, 2.05) is 5.01 Å². The number of carbonyl (C=O) groups excluding carboxylic acids is 1. The lowest BCUT2D eigenvalue weighted by molar-refractivity contribution is -0.0323. The van der Waals surface area contributed by atoms with Crippen molar-refractivity contribution in [1.29, 1.82) is 10.8 Å². The van der Waals surface area contributed by atoms with E-state index >= 15 is 0 Å². The molecule has 0 radical (unpaired) electrons. The number of carbonyl (C=O) groups is 1. The molecule has 1 saturated heterocycles. The van der Waals surface area contributed by atoms with Gasteiger partial charge >= 0.3 is 0 Å². The molecule has 1 spiro atoms. The maximum atomic E-state index is 14.0. The maximum absolute atomic E-state index is 14.0. The smallest absolute Gasteiger partial charge is 0.278 e. The molecule has 5 rings (SSSR count).